The maximum absolute atomic E-state index is 13.4. The Morgan fingerprint density at radius 3 is 2.61 bits per heavy atom. The Balaban J connectivity index is 1.54. The van der Waals surface area contributed by atoms with E-state index in [0.717, 1.165) is 24.9 Å². The van der Waals surface area contributed by atoms with Gasteiger partial charge in [-0.25, -0.2) is 4.39 Å². The molecule has 2 heterocycles. The van der Waals surface area contributed by atoms with Crippen LogP contribution in [0.25, 0.3) is 0 Å². The molecule has 2 fully saturated rings. The fourth-order valence-electron chi connectivity index (χ4n) is 4.19. The first-order chi connectivity index (χ1) is 15.0. The van der Waals surface area contributed by atoms with Crippen molar-refractivity contribution in [2.24, 2.45) is 11.7 Å². The number of amides is 2. The molecule has 31 heavy (non-hydrogen) atoms. The topological polar surface area (TPSA) is 78.7 Å². The zero-order valence-electron chi connectivity index (χ0n) is 17.5. The van der Waals surface area contributed by atoms with E-state index in [-0.39, 0.29) is 29.6 Å². The van der Waals surface area contributed by atoms with Crippen LogP contribution in [0.2, 0.25) is 0 Å². The molecule has 0 spiro atoms. The monoisotopic (exact) mass is 444 g/mol. The molecule has 1 aliphatic carbocycles. The van der Waals surface area contributed by atoms with Crippen LogP contribution in [0.15, 0.2) is 41.8 Å². The maximum Gasteiger partial charge on any atom is 0.242 e. The minimum absolute atomic E-state index is 0.0449. The smallest absolute Gasteiger partial charge is 0.242 e. The first-order valence-corrected chi connectivity index (χ1v) is 11.7. The van der Waals surface area contributed by atoms with E-state index >= 15 is 0 Å². The lowest BCUT2D eigenvalue weighted by atomic mass is 10.1. The predicted octanol–water partition coefficient (Wildman–Crippen LogP) is 2.34. The number of carbonyl (C=O) groups is 2. The van der Waals surface area contributed by atoms with Gasteiger partial charge in [-0.1, -0.05) is 18.2 Å². The van der Waals surface area contributed by atoms with E-state index in [2.05, 4.69) is 16.3 Å². The fourth-order valence-corrected chi connectivity index (χ4v) is 4.92. The summed E-state index contributed by atoms with van der Waals surface area (Å²) >= 11 is 1.69. The van der Waals surface area contributed by atoms with Gasteiger partial charge in [0.25, 0.3) is 0 Å². The minimum atomic E-state index is -0.469. The van der Waals surface area contributed by atoms with Crippen molar-refractivity contribution in [1.82, 2.24) is 15.1 Å². The van der Waals surface area contributed by atoms with Gasteiger partial charge >= 0.3 is 0 Å². The van der Waals surface area contributed by atoms with Crippen molar-refractivity contribution in [3.05, 3.63) is 58.0 Å². The Labute approximate surface area is 186 Å². The summed E-state index contributed by atoms with van der Waals surface area (Å²) in [6.45, 7) is 2.66. The van der Waals surface area contributed by atoms with E-state index in [1.165, 1.54) is 17.0 Å². The van der Waals surface area contributed by atoms with E-state index in [1.54, 1.807) is 28.4 Å². The summed E-state index contributed by atoms with van der Waals surface area (Å²) in [6, 6.07) is 10.2. The van der Waals surface area contributed by atoms with Gasteiger partial charge in [-0.05, 0) is 48.4 Å². The van der Waals surface area contributed by atoms with Crippen LogP contribution in [-0.4, -0.2) is 53.3 Å². The summed E-state index contributed by atoms with van der Waals surface area (Å²) in [5.41, 5.74) is 6.56. The van der Waals surface area contributed by atoms with Gasteiger partial charge in [-0.3, -0.25) is 14.5 Å². The van der Waals surface area contributed by atoms with Gasteiger partial charge < -0.3 is 16.0 Å². The number of hydrogen-bond acceptors (Lipinski definition) is 5. The molecule has 2 aliphatic rings. The van der Waals surface area contributed by atoms with Crippen LogP contribution in [0.4, 0.5) is 4.39 Å². The van der Waals surface area contributed by atoms with Crippen LogP contribution < -0.4 is 11.1 Å². The molecule has 0 radical (unpaired) electrons. The number of halogens is 1. The minimum Gasteiger partial charge on any atom is -0.353 e. The summed E-state index contributed by atoms with van der Waals surface area (Å²) in [5, 5.41) is 4.91. The number of nitrogens with one attached hydrogen (secondary N) is 1. The average Bonchev–Trinajstić information content (AvgIpc) is 3.31. The van der Waals surface area contributed by atoms with Crippen LogP contribution in [0, 0.1) is 11.7 Å². The number of benzene rings is 1. The third kappa shape index (κ3) is 5.50. The zero-order chi connectivity index (χ0) is 21.8. The number of carbonyl (C=O) groups excluding carboxylic acids is 2. The summed E-state index contributed by atoms with van der Waals surface area (Å²) in [6.07, 6.45) is 2.40. The van der Waals surface area contributed by atoms with Crippen molar-refractivity contribution in [2.75, 3.05) is 19.6 Å². The highest BCUT2D eigenvalue weighted by Gasteiger charge is 2.45. The van der Waals surface area contributed by atoms with Crippen LogP contribution in [0.5, 0.6) is 0 Å². The summed E-state index contributed by atoms with van der Waals surface area (Å²) < 4.78 is 13.4. The molecule has 3 N–H and O–H groups in total. The molecule has 2 aromatic rings. The Morgan fingerprint density at radius 2 is 1.97 bits per heavy atom. The molecule has 1 saturated heterocycles. The molecular weight excluding hydrogens is 415 g/mol. The molecule has 4 rings (SSSR count). The number of thiophene rings is 1. The number of likely N-dealkylation sites (tertiary alicyclic amines) is 1. The molecule has 8 heteroatoms. The van der Waals surface area contributed by atoms with Gasteiger partial charge in [-0.15, -0.1) is 11.3 Å². The molecule has 2 amide bonds. The normalized spacial score (nSPS) is 20.9. The molecule has 1 aliphatic heterocycles. The Hall–Kier alpha value is -2.29. The number of nitrogens with two attached hydrogens (primary N) is 1. The summed E-state index contributed by atoms with van der Waals surface area (Å²) in [5.74, 6) is -0.230. The quantitative estimate of drug-likeness (QED) is 0.622. The highest BCUT2D eigenvalue weighted by atomic mass is 32.1. The van der Waals surface area contributed by atoms with Gasteiger partial charge in [-0.2, -0.15) is 0 Å². The van der Waals surface area contributed by atoms with Gasteiger partial charge in [0.15, 0.2) is 0 Å². The maximum atomic E-state index is 13.4. The van der Waals surface area contributed by atoms with Crippen LogP contribution in [-0.2, 0) is 22.7 Å². The van der Waals surface area contributed by atoms with E-state index in [0.29, 0.717) is 32.6 Å². The highest BCUT2D eigenvalue weighted by molar-refractivity contribution is 7.09. The Kier molecular flexibility index (Phi) is 6.99. The van der Waals surface area contributed by atoms with Crippen molar-refractivity contribution in [1.29, 1.82) is 0 Å². The van der Waals surface area contributed by atoms with Gasteiger partial charge in [0.2, 0.25) is 11.8 Å². The lowest BCUT2D eigenvalue weighted by Crippen LogP contribution is -2.47. The largest absolute Gasteiger partial charge is 0.353 e. The molecule has 1 aromatic heterocycles. The third-order valence-corrected chi connectivity index (χ3v) is 6.85. The van der Waals surface area contributed by atoms with Crippen molar-refractivity contribution in [3.8, 4) is 0 Å². The first kappa shape index (κ1) is 21.9. The Morgan fingerprint density at radius 1 is 1.19 bits per heavy atom. The van der Waals surface area contributed by atoms with Crippen molar-refractivity contribution in [2.45, 2.75) is 44.4 Å². The van der Waals surface area contributed by atoms with Crippen molar-refractivity contribution in [3.63, 3.8) is 0 Å². The fraction of sp³-hybridized carbons (Fsp3) is 0.478. The molecule has 1 saturated carbocycles. The number of hydrogen-bond donors (Lipinski definition) is 2. The number of rotatable bonds is 9. The molecule has 1 aromatic carbocycles. The zero-order valence-corrected chi connectivity index (χ0v) is 18.3. The second-order valence-electron chi connectivity index (χ2n) is 8.36. The van der Waals surface area contributed by atoms with E-state index < -0.39 is 6.04 Å². The van der Waals surface area contributed by atoms with Gasteiger partial charge in [0, 0.05) is 49.6 Å². The first-order valence-electron chi connectivity index (χ1n) is 10.8. The molecule has 0 bridgehead atoms. The third-order valence-electron chi connectivity index (χ3n) is 5.99. The standard InChI is InChI=1S/C23H29FN4O2S/c24-18-7-3-16(4-8-18)13-27(15-20-2-1-11-31-20)19-12-21(22(29)26-10-9-25)28(14-19)23(30)17-5-6-17/h1-4,7-8,11,17,19,21H,5-6,9-10,12-15,25H2,(H,26,29). The van der Waals surface area contributed by atoms with Gasteiger partial charge in [0.1, 0.15) is 11.9 Å². The van der Waals surface area contributed by atoms with E-state index in [1.807, 2.05) is 11.4 Å². The summed E-state index contributed by atoms with van der Waals surface area (Å²) in [7, 11) is 0. The highest BCUT2D eigenvalue weighted by Crippen LogP contribution is 2.35. The second-order valence-corrected chi connectivity index (χ2v) is 9.39. The van der Waals surface area contributed by atoms with Crippen LogP contribution in [0.1, 0.15) is 29.7 Å². The second kappa shape index (κ2) is 9.89. The molecule has 2 unspecified atom stereocenters. The molecule has 6 nitrogen and oxygen atoms in total. The van der Waals surface area contributed by atoms with Crippen LogP contribution in [0.3, 0.4) is 0 Å². The molecular formula is C23H29FN4O2S. The summed E-state index contributed by atoms with van der Waals surface area (Å²) in [4.78, 5) is 31.1. The average molecular weight is 445 g/mol. The van der Waals surface area contributed by atoms with Crippen molar-refractivity contribution >= 4 is 23.2 Å². The predicted molar refractivity (Wildman–Crippen MR) is 119 cm³/mol. The van der Waals surface area contributed by atoms with Crippen LogP contribution >= 0.6 is 11.3 Å². The molecule has 166 valence electrons. The lowest BCUT2D eigenvalue weighted by Gasteiger charge is -2.28. The number of nitrogens with zero attached hydrogens (tertiary/aromatic N) is 2. The van der Waals surface area contributed by atoms with Crippen molar-refractivity contribution < 1.29 is 14.0 Å². The van der Waals surface area contributed by atoms with E-state index in [9.17, 15) is 14.0 Å². The van der Waals surface area contributed by atoms with E-state index in [4.69, 9.17) is 5.73 Å². The Bertz CT molecular complexity index is 885. The van der Waals surface area contributed by atoms with Gasteiger partial charge in [0.05, 0.1) is 0 Å². The SMILES string of the molecule is NCCNC(=O)C1CC(N(Cc2ccc(F)cc2)Cc2cccs2)CN1C(=O)C1CC1. The molecule has 2 atom stereocenters. The lowest BCUT2D eigenvalue weighted by molar-refractivity contribution is -0.139.